The highest BCUT2D eigenvalue weighted by atomic mass is 16.7. The number of hydrogen-bond donors (Lipinski definition) is 7. The number of aliphatic hydroxyl groups excluding tert-OH is 6. The summed E-state index contributed by atoms with van der Waals surface area (Å²) in [6, 6.07) is -1.00. The summed E-state index contributed by atoms with van der Waals surface area (Å²) < 4.78 is 11.2. The molecule has 1 aliphatic rings. The summed E-state index contributed by atoms with van der Waals surface area (Å²) in [7, 11) is 0. The number of carbonyl (C=O) groups is 1. The molecule has 76 heavy (non-hydrogen) atoms. The van der Waals surface area contributed by atoms with Crippen molar-refractivity contribution in [3.63, 3.8) is 0 Å². The van der Waals surface area contributed by atoms with Gasteiger partial charge in [0.15, 0.2) is 6.29 Å². The molecule has 0 saturated carbocycles. The molecule has 1 saturated heterocycles. The summed E-state index contributed by atoms with van der Waals surface area (Å²) in [5, 5.41) is 65.1. The zero-order valence-electron chi connectivity index (χ0n) is 49.4. The van der Waals surface area contributed by atoms with Crippen molar-refractivity contribution < 1.29 is 44.9 Å². The van der Waals surface area contributed by atoms with E-state index in [-0.39, 0.29) is 6.61 Å². The molecule has 8 unspecified atom stereocenters. The van der Waals surface area contributed by atoms with E-state index in [0.717, 1.165) is 44.9 Å². The van der Waals surface area contributed by atoms with E-state index in [1.165, 1.54) is 225 Å². The number of nitrogens with one attached hydrogen (secondary N) is 1. The number of rotatable bonds is 56. The van der Waals surface area contributed by atoms with E-state index in [9.17, 15) is 35.4 Å². The monoisotopic (exact) mass is 1070 g/mol. The van der Waals surface area contributed by atoms with Gasteiger partial charge in [-0.15, -0.1) is 0 Å². The fraction of sp³-hybridized carbons (Fsp3) is 0.864. The number of ether oxygens (including phenoxy) is 2. The van der Waals surface area contributed by atoms with Crippen LogP contribution in [0.5, 0.6) is 0 Å². The first kappa shape index (κ1) is 72.1. The highest BCUT2D eigenvalue weighted by Crippen LogP contribution is 2.23. The number of carbonyl (C=O) groups excluding carboxylic acids is 1. The van der Waals surface area contributed by atoms with Crippen LogP contribution in [0, 0.1) is 0 Å². The molecule has 10 nitrogen and oxygen atoms in total. The minimum Gasteiger partial charge on any atom is -0.394 e. The van der Waals surface area contributed by atoms with Gasteiger partial charge >= 0.3 is 0 Å². The van der Waals surface area contributed by atoms with Crippen molar-refractivity contribution in [3.05, 3.63) is 48.6 Å². The van der Waals surface area contributed by atoms with Gasteiger partial charge < -0.3 is 45.4 Å². The Kier molecular flexibility index (Phi) is 52.2. The van der Waals surface area contributed by atoms with Gasteiger partial charge in [-0.2, -0.15) is 0 Å². The number of allylic oxidation sites excluding steroid dienone is 7. The van der Waals surface area contributed by atoms with Gasteiger partial charge in [-0.3, -0.25) is 4.79 Å². The van der Waals surface area contributed by atoms with Crippen LogP contribution in [0.4, 0.5) is 0 Å². The quantitative estimate of drug-likeness (QED) is 0.0232. The zero-order chi connectivity index (χ0) is 55.2. The fourth-order valence-electron chi connectivity index (χ4n) is 10.3. The van der Waals surface area contributed by atoms with Gasteiger partial charge in [0.2, 0.25) is 5.91 Å². The van der Waals surface area contributed by atoms with Gasteiger partial charge in [-0.25, -0.2) is 0 Å². The van der Waals surface area contributed by atoms with Gasteiger partial charge in [0, 0.05) is 0 Å². The second-order valence-electron chi connectivity index (χ2n) is 22.7. The lowest BCUT2D eigenvalue weighted by Gasteiger charge is -2.40. The molecule has 0 aliphatic carbocycles. The topological polar surface area (TPSA) is 169 Å². The number of unbranched alkanes of at least 4 members (excludes halogenated alkanes) is 39. The predicted octanol–water partition coefficient (Wildman–Crippen LogP) is 15.8. The standard InChI is InChI=1S/C66H123NO9/c1-3-5-7-9-11-13-15-17-19-21-22-23-24-25-26-27-28-29-30-31-32-33-34-35-36-37-39-41-43-45-47-49-51-53-55-60(70)65(74)67-58(57-75-66-64(73)63(72)62(71)61(56-68)76-66)59(69)54-52-50-48-46-44-42-40-38-20-18-16-14-12-10-8-6-4-2/h20,27-28,38,44,46,52,54,58-64,66,68-73H,3-19,21-26,29-37,39-43,45,47-51,53,55-57H2,1-2H3,(H,67,74)/b28-27-,38-20+,46-44+,54-52+. The van der Waals surface area contributed by atoms with E-state index < -0.39 is 61.5 Å². The predicted molar refractivity (Wildman–Crippen MR) is 319 cm³/mol. The third-order valence-corrected chi connectivity index (χ3v) is 15.5. The molecule has 0 bridgehead atoms. The Balaban J connectivity index is 2.16. The van der Waals surface area contributed by atoms with Crippen LogP contribution in [0.2, 0.25) is 0 Å². The van der Waals surface area contributed by atoms with Gasteiger partial charge in [0.25, 0.3) is 0 Å². The van der Waals surface area contributed by atoms with Crippen LogP contribution in [0.1, 0.15) is 303 Å². The summed E-state index contributed by atoms with van der Waals surface area (Å²) in [5.74, 6) is -0.627. The molecule has 0 aromatic carbocycles. The maximum absolute atomic E-state index is 13.2. The molecule has 10 heteroatoms. The van der Waals surface area contributed by atoms with E-state index in [1.54, 1.807) is 6.08 Å². The molecular formula is C66H123NO9. The SMILES string of the molecule is CCCCCCCCC/C=C/CC/C=C/CC/C=C/C(O)C(COC1OC(CO)C(O)C(O)C1O)NC(=O)C(O)CCCCCCCCCCCCCCCCCC/C=C\CCCCCCCCCCCCCCCC. The summed E-state index contributed by atoms with van der Waals surface area (Å²) in [6.45, 7) is 3.62. The Morgan fingerprint density at radius 1 is 0.447 bits per heavy atom. The van der Waals surface area contributed by atoms with Crippen LogP contribution in [0.25, 0.3) is 0 Å². The normalized spacial score (nSPS) is 19.5. The Hall–Kier alpha value is -1.89. The van der Waals surface area contributed by atoms with E-state index in [4.69, 9.17) is 9.47 Å². The Labute approximate surface area is 467 Å². The van der Waals surface area contributed by atoms with Crippen LogP contribution < -0.4 is 5.32 Å². The summed E-state index contributed by atoms with van der Waals surface area (Å²) >= 11 is 0. The van der Waals surface area contributed by atoms with Gasteiger partial charge in [-0.05, 0) is 70.6 Å². The smallest absolute Gasteiger partial charge is 0.249 e. The van der Waals surface area contributed by atoms with Crippen LogP contribution in [-0.4, -0.2) is 98.7 Å². The van der Waals surface area contributed by atoms with Crippen molar-refractivity contribution >= 4 is 5.91 Å². The van der Waals surface area contributed by atoms with Crippen molar-refractivity contribution in [3.8, 4) is 0 Å². The molecule has 446 valence electrons. The van der Waals surface area contributed by atoms with E-state index in [1.807, 2.05) is 6.08 Å². The van der Waals surface area contributed by atoms with Gasteiger partial charge in [0.05, 0.1) is 25.4 Å². The summed E-state index contributed by atoms with van der Waals surface area (Å²) in [4.78, 5) is 13.2. The molecule has 8 atom stereocenters. The molecule has 0 spiro atoms. The van der Waals surface area contributed by atoms with Crippen molar-refractivity contribution in [1.82, 2.24) is 5.32 Å². The molecular weight excluding hydrogens is 951 g/mol. The molecule has 1 heterocycles. The van der Waals surface area contributed by atoms with Crippen molar-refractivity contribution in [2.24, 2.45) is 0 Å². The van der Waals surface area contributed by atoms with Crippen molar-refractivity contribution in [2.45, 2.75) is 352 Å². The molecule has 0 aromatic rings. The molecule has 1 fully saturated rings. The average Bonchev–Trinajstić information content (AvgIpc) is 3.42. The first-order valence-electron chi connectivity index (χ1n) is 32.5. The van der Waals surface area contributed by atoms with Crippen LogP contribution in [-0.2, 0) is 14.3 Å². The van der Waals surface area contributed by atoms with Crippen LogP contribution in [0.3, 0.4) is 0 Å². The lowest BCUT2D eigenvalue weighted by Crippen LogP contribution is -2.60. The first-order valence-corrected chi connectivity index (χ1v) is 32.5. The molecule has 1 amide bonds. The Morgan fingerprint density at radius 2 is 0.776 bits per heavy atom. The van der Waals surface area contributed by atoms with E-state index in [2.05, 4.69) is 55.6 Å². The largest absolute Gasteiger partial charge is 0.394 e. The maximum atomic E-state index is 13.2. The zero-order valence-corrected chi connectivity index (χ0v) is 49.4. The maximum Gasteiger partial charge on any atom is 0.249 e. The molecule has 1 aliphatic heterocycles. The third-order valence-electron chi connectivity index (χ3n) is 15.5. The van der Waals surface area contributed by atoms with Gasteiger partial charge in [-0.1, -0.05) is 281 Å². The number of hydrogen-bond acceptors (Lipinski definition) is 9. The Morgan fingerprint density at radius 3 is 1.14 bits per heavy atom. The second-order valence-corrected chi connectivity index (χ2v) is 22.7. The molecule has 0 aromatic heterocycles. The Bertz CT molecular complexity index is 1350. The minimum atomic E-state index is -1.62. The lowest BCUT2D eigenvalue weighted by atomic mass is 9.99. The second kappa shape index (κ2) is 55.0. The van der Waals surface area contributed by atoms with E-state index >= 15 is 0 Å². The minimum absolute atomic E-state index is 0.302. The summed E-state index contributed by atoms with van der Waals surface area (Å²) in [6.07, 6.45) is 63.9. The highest BCUT2D eigenvalue weighted by molar-refractivity contribution is 5.80. The molecule has 7 N–H and O–H groups in total. The van der Waals surface area contributed by atoms with Crippen molar-refractivity contribution in [2.75, 3.05) is 13.2 Å². The van der Waals surface area contributed by atoms with Gasteiger partial charge in [0.1, 0.15) is 30.5 Å². The van der Waals surface area contributed by atoms with Crippen molar-refractivity contribution in [1.29, 1.82) is 0 Å². The molecule has 0 radical (unpaired) electrons. The third kappa shape index (κ3) is 43.0. The van der Waals surface area contributed by atoms with Crippen LogP contribution in [0.15, 0.2) is 48.6 Å². The first-order chi connectivity index (χ1) is 37.3. The number of amides is 1. The summed E-state index contributed by atoms with van der Waals surface area (Å²) in [5.41, 5.74) is 0. The van der Waals surface area contributed by atoms with E-state index in [0.29, 0.717) is 19.3 Å². The number of aliphatic hydroxyl groups is 6. The average molecular weight is 1070 g/mol. The lowest BCUT2D eigenvalue weighted by molar-refractivity contribution is -0.302. The highest BCUT2D eigenvalue weighted by Gasteiger charge is 2.44. The van der Waals surface area contributed by atoms with Crippen LogP contribution >= 0.6 is 0 Å². The fourth-order valence-corrected chi connectivity index (χ4v) is 10.3. The molecule has 1 rings (SSSR count).